The van der Waals surface area contributed by atoms with Crippen molar-refractivity contribution in [1.29, 1.82) is 0 Å². The van der Waals surface area contributed by atoms with Crippen molar-refractivity contribution < 1.29 is 4.74 Å². The molecule has 4 heteroatoms. The van der Waals surface area contributed by atoms with E-state index in [0.29, 0.717) is 0 Å². The molecule has 0 saturated heterocycles. The second kappa shape index (κ2) is 3.97. The number of imidazole rings is 1. The van der Waals surface area contributed by atoms with Gasteiger partial charge < -0.3 is 14.3 Å². The molecular weight excluding hydrogens is 214 g/mol. The molecular formula is C13H13N3O. The Kier molecular flexibility index (Phi) is 2.33. The van der Waals surface area contributed by atoms with Gasteiger partial charge in [0.25, 0.3) is 0 Å². The van der Waals surface area contributed by atoms with Crippen LogP contribution >= 0.6 is 0 Å². The fourth-order valence-corrected chi connectivity index (χ4v) is 1.99. The molecule has 2 aromatic heterocycles. The average molecular weight is 227 g/mol. The predicted octanol–water partition coefficient (Wildman–Crippen LogP) is 2.42. The second-order valence-corrected chi connectivity index (χ2v) is 3.96. The lowest BCUT2D eigenvalue weighted by atomic mass is 10.1. The van der Waals surface area contributed by atoms with Gasteiger partial charge in [-0.25, -0.2) is 4.98 Å². The highest BCUT2D eigenvalue weighted by atomic mass is 16.5. The highest BCUT2D eigenvalue weighted by Crippen LogP contribution is 2.24. The molecule has 17 heavy (non-hydrogen) atoms. The van der Waals surface area contributed by atoms with Crippen molar-refractivity contribution >= 4 is 10.9 Å². The summed E-state index contributed by atoms with van der Waals surface area (Å²) in [7, 11) is 1.68. The number of nitrogens with zero attached hydrogens (tertiary/aromatic N) is 2. The van der Waals surface area contributed by atoms with Gasteiger partial charge in [0.1, 0.15) is 5.75 Å². The summed E-state index contributed by atoms with van der Waals surface area (Å²) in [6.45, 7) is 0.813. The van der Waals surface area contributed by atoms with Crippen LogP contribution in [0.4, 0.5) is 0 Å². The van der Waals surface area contributed by atoms with Gasteiger partial charge in [-0.3, -0.25) is 0 Å². The maximum Gasteiger partial charge on any atom is 0.119 e. The molecule has 4 nitrogen and oxygen atoms in total. The fourth-order valence-electron chi connectivity index (χ4n) is 1.99. The van der Waals surface area contributed by atoms with E-state index in [1.807, 2.05) is 35.4 Å². The highest BCUT2D eigenvalue weighted by Gasteiger charge is 2.05. The van der Waals surface area contributed by atoms with Crippen molar-refractivity contribution in [2.45, 2.75) is 6.54 Å². The third kappa shape index (κ3) is 1.78. The normalized spacial score (nSPS) is 10.9. The predicted molar refractivity (Wildman–Crippen MR) is 66.2 cm³/mol. The van der Waals surface area contributed by atoms with E-state index in [1.165, 1.54) is 10.9 Å². The fraction of sp³-hybridized carbons (Fsp3) is 0.154. The molecule has 0 aliphatic heterocycles. The van der Waals surface area contributed by atoms with Crippen LogP contribution in [0.15, 0.2) is 43.1 Å². The van der Waals surface area contributed by atoms with Gasteiger partial charge in [-0.05, 0) is 23.8 Å². The highest BCUT2D eigenvalue weighted by molar-refractivity contribution is 5.84. The molecule has 86 valence electrons. The number of aromatic amines is 1. The standard InChI is InChI=1S/C13H13N3O/c1-17-11-2-3-13-12(6-11)10(7-15-13)8-16-5-4-14-9-16/h2-7,9,15H,8H2,1H3. The summed E-state index contributed by atoms with van der Waals surface area (Å²) in [4.78, 5) is 7.31. The molecule has 0 aliphatic rings. The Morgan fingerprint density at radius 3 is 3.12 bits per heavy atom. The van der Waals surface area contributed by atoms with E-state index in [-0.39, 0.29) is 0 Å². The lowest BCUT2D eigenvalue weighted by Gasteiger charge is -2.02. The zero-order chi connectivity index (χ0) is 11.7. The first-order valence-electron chi connectivity index (χ1n) is 5.46. The van der Waals surface area contributed by atoms with Crippen LogP contribution < -0.4 is 4.74 Å². The summed E-state index contributed by atoms with van der Waals surface area (Å²) in [5, 5.41) is 1.19. The number of hydrogen-bond donors (Lipinski definition) is 1. The van der Waals surface area contributed by atoms with Gasteiger partial charge in [0, 0.05) is 29.5 Å². The topological polar surface area (TPSA) is 42.8 Å². The number of methoxy groups -OCH3 is 1. The van der Waals surface area contributed by atoms with E-state index in [9.17, 15) is 0 Å². The molecule has 0 atom stereocenters. The summed E-state index contributed by atoms with van der Waals surface area (Å²) in [6, 6.07) is 6.05. The van der Waals surface area contributed by atoms with E-state index >= 15 is 0 Å². The molecule has 0 amide bonds. The van der Waals surface area contributed by atoms with Gasteiger partial charge in [-0.15, -0.1) is 0 Å². The Morgan fingerprint density at radius 2 is 2.35 bits per heavy atom. The number of hydrogen-bond acceptors (Lipinski definition) is 2. The number of rotatable bonds is 3. The van der Waals surface area contributed by atoms with E-state index in [2.05, 4.69) is 16.0 Å². The first-order chi connectivity index (χ1) is 8.36. The number of fused-ring (bicyclic) bond motifs is 1. The molecule has 0 unspecified atom stereocenters. The van der Waals surface area contributed by atoms with E-state index < -0.39 is 0 Å². The van der Waals surface area contributed by atoms with E-state index in [0.717, 1.165) is 17.8 Å². The van der Waals surface area contributed by atoms with Gasteiger partial charge in [0.05, 0.1) is 20.0 Å². The molecule has 0 spiro atoms. The Morgan fingerprint density at radius 1 is 1.41 bits per heavy atom. The van der Waals surface area contributed by atoms with Crippen LogP contribution in [0.1, 0.15) is 5.56 Å². The molecule has 1 aromatic carbocycles. The first kappa shape index (κ1) is 9.96. The van der Waals surface area contributed by atoms with Gasteiger partial charge in [-0.2, -0.15) is 0 Å². The monoisotopic (exact) mass is 227 g/mol. The van der Waals surface area contributed by atoms with Crippen molar-refractivity contribution in [3.05, 3.63) is 48.7 Å². The smallest absolute Gasteiger partial charge is 0.119 e. The van der Waals surface area contributed by atoms with Crippen LogP contribution in [0.3, 0.4) is 0 Å². The third-order valence-corrected chi connectivity index (χ3v) is 2.89. The average Bonchev–Trinajstić information content (AvgIpc) is 2.99. The Balaban J connectivity index is 2.04. The maximum atomic E-state index is 5.25. The van der Waals surface area contributed by atoms with Gasteiger partial charge in [0.2, 0.25) is 0 Å². The third-order valence-electron chi connectivity index (χ3n) is 2.89. The van der Waals surface area contributed by atoms with Crippen molar-refractivity contribution in [2.24, 2.45) is 0 Å². The van der Waals surface area contributed by atoms with Crippen LogP contribution in [0.2, 0.25) is 0 Å². The molecule has 0 aliphatic carbocycles. The van der Waals surface area contributed by atoms with Crippen LogP contribution in [-0.4, -0.2) is 21.6 Å². The van der Waals surface area contributed by atoms with Crippen LogP contribution in [0, 0.1) is 0 Å². The zero-order valence-corrected chi connectivity index (χ0v) is 9.55. The summed E-state index contributed by atoms with van der Waals surface area (Å²) in [5.74, 6) is 0.879. The number of ether oxygens (including phenoxy) is 1. The molecule has 2 heterocycles. The van der Waals surface area contributed by atoms with Gasteiger partial charge in [0.15, 0.2) is 0 Å². The maximum absolute atomic E-state index is 5.25. The summed E-state index contributed by atoms with van der Waals surface area (Å²) >= 11 is 0. The zero-order valence-electron chi connectivity index (χ0n) is 9.55. The first-order valence-corrected chi connectivity index (χ1v) is 5.46. The van der Waals surface area contributed by atoms with Gasteiger partial charge in [-0.1, -0.05) is 0 Å². The summed E-state index contributed by atoms with van der Waals surface area (Å²) in [6.07, 6.45) is 7.59. The van der Waals surface area contributed by atoms with Crippen LogP contribution in [0.25, 0.3) is 10.9 Å². The molecule has 1 N–H and O–H groups in total. The summed E-state index contributed by atoms with van der Waals surface area (Å²) in [5.41, 5.74) is 2.36. The van der Waals surface area contributed by atoms with Crippen LogP contribution in [0.5, 0.6) is 5.75 Å². The lowest BCUT2D eigenvalue weighted by Crippen LogP contribution is -1.95. The van der Waals surface area contributed by atoms with E-state index in [1.54, 1.807) is 13.3 Å². The lowest BCUT2D eigenvalue weighted by molar-refractivity contribution is 0.415. The van der Waals surface area contributed by atoms with E-state index in [4.69, 9.17) is 4.74 Å². The minimum Gasteiger partial charge on any atom is -0.497 e. The molecule has 0 radical (unpaired) electrons. The minimum atomic E-state index is 0.813. The minimum absolute atomic E-state index is 0.813. The molecule has 0 fully saturated rings. The summed E-state index contributed by atoms with van der Waals surface area (Å²) < 4.78 is 7.29. The quantitative estimate of drug-likeness (QED) is 0.746. The van der Waals surface area contributed by atoms with Gasteiger partial charge >= 0.3 is 0 Å². The number of benzene rings is 1. The Hall–Kier alpha value is -2.23. The van der Waals surface area contributed by atoms with Crippen LogP contribution in [-0.2, 0) is 6.54 Å². The van der Waals surface area contributed by atoms with Crippen molar-refractivity contribution in [1.82, 2.24) is 14.5 Å². The second-order valence-electron chi connectivity index (χ2n) is 3.96. The number of nitrogens with one attached hydrogen (secondary N) is 1. The van der Waals surface area contributed by atoms with Crippen molar-refractivity contribution in [2.75, 3.05) is 7.11 Å². The van der Waals surface area contributed by atoms with Crippen molar-refractivity contribution in [3.63, 3.8) is 0 Å². The number of H-pyrrole nitrogens is 1. The molecule has 0 bridgehead atoms. The Labute approximate surface area is 98.9 Å². The largest absolute Gasteiger partial charge is 0.497 e. The van der Waals surface area contributed by atoms with Crippen molar-refractivity contribution in [3.8, 4) is 5.75 Å². The molecule has 3 rings (SSSR count). The molecule has 3 aromatic rings. The molecule has 0 saturated carbocycles. The SMILES string of the molecule is COc1ccc2[nH]cc(Cn3ccnc3)c2c1. The number of aromatic nitrogens is 3. The Bertz CT molecular complexity index is 625.